The van der Waals surface area contributed by atoms with Gasteiger partial charge in [-0.25, -0.2) is 4.39 Å². The van der Waals surface area contributed by atoms with E-state index in [2.05, 4.69) is 11.8 Å². The van der Waals surface area contributed by atoms with Crippen LogP contribution in [0.5, 0.6) is 5.75 Å². The summed E-state index contributed by atoms with van der Waals surface area (Å²) in [5.41, 5.74) is 1.65. The van der Waals surface area contributed by atoms with E-state index >= 15 is 0 Å². The van der Waals surface area contributed by atoms with E-state index in [0.29, 0.717) is 30.4 Å². The maximum atomic E-state index is 13.1. The normalized spacial score (nSPS) is 17.1. The highest BCUT2D eigenvalue weighted by atomic mass is 35.5. The molecule has 0 unspecified atom stereocenters. The second-order valence-electron chi connectivity index (χ2n) is 7.53. The van der Waals surface area contributed by atoms with Crippen molar-refractivity contribution < 1.29 is 18.7 Å². The standard InChI is InChI=1S/C23H26ClFN2O3/c1-3-21-15-26(14-18-13-19(24)6-9-22(18)30-16(2)28)10-11-27(21)23(29)12-17-4-7-20(25)8-5-17/h4-9,13,21H,3,10-12,14-15H2,1-2H3/t21-/m0/s1. The Morgan fingerprint density at radius 2 is 1.90 bits per heavy atom. The van der Waals surface area contributed by atoms with Crippen LogP contribution in [0, 0.1) is 5.82 Å². The Hall–Kier alpha value is -2.44. The third-order valence-corrected chi connectivity index (χ3v) is 5.53. The molecule has 0 N–H and O–H groups in total. The first-order chi connectivity index (χ1) is 14.4. The molecule has 1 aliphatic rings. The highest BCUT2D eigenvalue weighted by molar-refractivity contribution is 6.30. The van der Waals surface area contributed by atoms with Crippen molar-refractivity contribution in [3.8, 4) is 5.75 Å². The van der Waals surface area contributed by atoms with Crippen LogP contribution < -0.4 is 4.74 Å². The van der Waals surface area contributed by atoms with Gasteiger partial charge in [0.2, 0.25) is 5.91 Å². The molecule has 7 heteroatoms. The van der Waals surface area contributed by atoms with Gasteiger partial charge >= 0.3 is 5.97 Å². The first-order valence-electron chi connectivity index (χ1n) is 10.1. The minimum atomic E-state index is -0.374. The topological polar surface area (TPSA) is 49.9 Å². The second kappa shape index (κ2) is 10.0. The van der Waals surface area contributed by atoms with Crippen molar-refractivity contribution >= 4 is 23.5 Å². The molecule has 0 bridgehead atoms. The second-order valence-corrected chi connectivity index (χ2v) is 7.97. The molecule has 1 fully saturated rings. The van der Waals surface area contributed by atoms with Crippen LogP contribution in [0.4, 0.5) is 4.39 Å². The van der Waals surface area contributed by atoms with Crippen molar-refractivity contribution in [3.05, 3.63) is 64.4 Å². The number of ether oxygens (including phenoxy) is 1. The Labute approximate surface area is 181 Å². The number of piperazine rings is 1. The van der Waals surface area contributed by atoms with E-state index in [-0.39, 0.29) is 30.2 Å². The van der Waals surface area contributed by atoms with Gasteiger partial charge in [0.05, 0.1) is 6.42 Å². The van der Waals surface area contributed by atoms with Gasteiger partial charge in [0.1, 0.15) is 11.6 Å². The number of rotatable bonds is 6. The molecular weight excluding hydrogens is 407 g/mol. The minimum Gasteiger partial charge on any atom is -0.426 e. The highest BCUT2D eigenvalue weighted by Gasteiger charge is 2.29. The van der Waals surface area contributed by atoms with Crippen LogP contribution in [0.1, 0.15) is 31.4 Å². The largest absolute Gasteiger partial charge is 0.426 e. The molecule has 1 atom stereocenters. The van der Waals surface area contributed by atoms with Crippen molar-refractivity contribution in [1.82, 2.24) is 9.80 Å². The predicted octanol–water partition coefficient (Wildman–Crippen LogP) is 4.07. The molecule has 3 rings (SSSR count). The van der Waals surface area contributed by atoms with Gasteiger partial charge in [-0.05, 0) is 42.3 Å². The minimum absolute atomic E-state index is 0.0523. The fourth-order valence-electron chi connectivity index (χ4n) is 3.79. The summed E-state index contributed by atoms with van der Waals surface area (Å²) in [6.45, 7) is 6.06. The molecule has 1 heterocycles. The fourth-order valence-corrected chi connectivity index (χ4v) is 3.98. The van der Waals surface area contributed by atoms with E-state index < -0.39 is 0 Å². The first kappa shape index (κ1) is 22.2. The molecule has 2 aromatic carbocycles. The van der Waals surface area contributed by atoms with Crippen LogP contribution in [0.2, 0.25) is 5.02 Å². The van der Waals surface area contributed by atoms with E-state index in [4.69, 9.17) is 16.3 Å². The van der Waals surface area contributed by atoms with Crippen LogP contribution in [0.3, 0.4) is 0 Å². The van der Waals surface area contributed by atoms with Gasteiger partial charge in [-0.3, -0.25) is 14.5 Å². The predicted molar refractivity (Wildman–Crippen MR) is 114 cm³/mol. The van der Waals surface area contributed by atoms with Crippen molar-refractivity contribution in [3.63, 3.8) is 0 Å². The van der Waals surface area contributed by atoms with Crippen LogP contribution >= 0.6 is 11.6 Å². The van der Waals surface area contributed by atoms with Crippen LogP contribution in [0.25, 0.3) is 0 Å². The molecule has 160 valence electrons. The summed E-state index contributed by atoms with van der Waals surface area (Å²) >= 11 is 6.14. The quantitative estimate of drug-likeness (QED) is 0.510. The zero-order valence-electron chi connectivity index (χ0n) is 17.2. The molecule has 0 radical (unpaired) electrons. The summed E-state index contributed by atoms with van der Waals surface area (Å²) in [6.07, 6.45) is 1.10. The number of hydrogen-bond donors (Lipinski definition) is 0. The fraction of sp³-hybridized carbons (Fsp3) is 0.391. The zero-order chi connectivity index (χ0) is 21.7. The average molecular weight is 433 g/mol. The summed E-state index contributed by atoms with van der Waals surface area (Å²) in [5, 5.41) is 0.584. The smallest absolute Gasteiger partial charge is 0.308 e. The molecule has 0 aromatic heterocycles. The molecule has 0 saturated carbocycles. The summed E-state index contributed by atoms with van der Waals surface area (Å²) in [5.74, 6) is -0.118. The molecule has 0 aliphatic carbocycles. The van der Waals surface area contributed by atoms with Crippen LogP contribution in [-0.2, 0) is 22.6 Å². The van der Waals surface area contributed by atoms with E-state index in [0.717, 1.165) is 24.1 Å². The molecule has 1 amide bonds. The Morgan fingerprint density at radius 3 is 2.57 bits per heavy atom. The number of carbonyl (C=O) groups excluding carboxylic acids is 2. The Morgan fingerprint density at radius 1 is 1.17 bits per heavy atom. The van der Waals surface area contributed by atoms with E-state index in [1.54, 1.807) is 24.3 Å². The SMILES string of the molecule is CC[C@H]1CN(Cc2cc(Cl)ccc2OC(C)=O)CCN1C(=O)Cc1ccc(F)cc1. The average Bonchev–Trinajstić information content (AvgIpc) is 2.71. The molecule has 0 spiro atoms. The number of benzene rings is 2. The maximum Gasteiger partial charge on any atom is 0.308 e. The van der Waals surface area contributed by atoms with E-state index in [9.17, 15) is 14.0 Å². The molecule has 1 aliphatic heterocycles. The Kier molecular flexibility index (Phi) is 7.45. The molecular formula is C23H26ClFN2O3. The lowest BCUT2D eigenvalue weighted by Crippen LogP contribution is -2.55. The lowest BCUT2D eigenvalue weighted by atomic mass is 10.1. The third-order valence-electron chi connectivity index (χ3n) is 5.30. The van der Waals surface area contributed by atoms with Gasteiger partial charge in [0, 0.05) is 49.7 Å². The number of halogens is 2. The number of esters is 1. The van der Waals surface area contributed by atoms with E-state index in [1.165, 1.54) is 19.1 Å². The maximum absolute atomic E-state index is 13.1. The monoisotopic (exact) mass is 432 g/mol. The van der Waals surface area contributed by atoms with Gasteiger partial charge in [-0.15, -0.1) is 0 Å². The van der Waals surface area contributed by atoms with Gasteiger partial charge < -0.3 is 9.64 Å². The van der Waals surface area contributed by atoms with Gasteiger partial charge in [0.25, 0.3) is 0 Å². The molecule has 1 saturated heterocycles. The Balaban J connectivity index is 1.65. The van der Waals surface area contributed by atoms with Gasteiger partial charge in [-0.2, -0.15) is 0 Å². The summed E-state index contributed by atoms with van der Waals surface area (Å²) in [7, 11) is 0. The summed E-state index contributed by atoms with van der Waals surface area (Å²) < 4.78 is 18.4. The van der Waals surface area contributed by atoms with Crippen molar-refractivity contribution in [2.24, 2.45) is 0 Å². The summed E-state index contributed by atoms with van der Waals surface area (Å²) in [6, 6.07) is 11.4. The van der Waals surface area contributed by atoms with Crippen molar-refractivity contribution in [1.29, 1.82) is 0 Å². The number of amides is 1. The zero-order valence-corrected chi connectivity index (χ0v) is 18.0. The number of nitrogens with zero attached hydrogens (tertiary/aromatic N) is 2. The van der Waals surface area contributed by atoms with Gasteiger partial charge in [-0.1, -0.05) is 30.7 Å². The van der Waals surface area contributed by atoms with Crippen molar-refractivity contribution in [2.75, 3.05) is 19.6 Å². The van der Waals surface area contributed by atoms with Crippen LogP contribution in [-0.4, -0.2) is 47.4 Å². The Bertz CT molecular complexity index is 904. The van der Waals surface area contributed by atoms with Crippen molar-refractivity contribution in [2.45, 2.75) is 39.3 Å². The molecule has 2 aromatic rings. The highest BCUT2D eigenvalue weighted by Crippen LogP contribution is 2.26. The first-order valence-corrected chi connectivity index (χ1v) is 10.5. The third kappa shape index (κ3) is 5.80. The number of hydrogen-bond acceptors (Lipinski definition) is 4. The molecule has 5 nitrogen and oxygen atoms in total. The lowest BCUT2D eigenvalue weighted by Gasteiger charge is -2.41. The summed E-state index contributed by atoms with van der Waals surface area (Å²) in [4.78, 5) is 28.4. The lowest BCUT2D eigenvalue weighted by molar-refractivity contribution is -0.136. The van der Waals surface area contributed by atoms with E-state index in [1.807, 2.05) is 11.0 Å². The molecule has 30 heavy (non-hydrogen) atoms. The van der Waals surface area contributed by atoms with Gasteiger partial charge in [0.15, 0.2) is 0 Å². The number of carbonyl (C=O) groups is 2. The van der Waals surface area contributed by atoms with Crippen LogP contribution in [0.15, 0.2) is 42.5 Å².